The Kier molecular flexibility index (Phi) is 7.56. The molecule has 31 heavy (non-hydrogen) atoms. The van der Waals surface area contributed by atoms with E-state index in [-0.39, 0.29) is 5.75 Å². The summed E-state index contributed by atoms with van der Waals surface area (Å²) in [4.78, 5) is 12.3. The lowest BCUT2D eigenvalue weighted by molar-refractivity contribution is -0.0498. The molecule has 1 amide bonds. The predicted molar refractivity (Wildman–Crippen MR) is 115 cm³/mol. The lowest BCUT2D eigenvalue weighted by atomic mass is 10.1. The maximum absolute atomic E-state index is 12.4. The average molecular weight is 445 g/mol. The summed E-state index contributed by atoms with van der Waals surface area (Å²) in [7, 11) is 0. The molecular formula is C23H19ClF2N2O3. The third-order valence-electron chi connectivity index (χ3n) is 4.24. The van der Waals surface area contributed by atoms with Crippen LogP contribution in [-0.2, 0) is 6.61 Å². The van der Waals surface area contributed by atoms with Gasteiger partial charge in [0.25, 0.3) is 5.91 Å². The zero-order chi connectivity index (χ0) is 22.2. The molecule has 0 bridgehead atoms. The summed E-state index contributed by atoms with van der Waals surface area (Å²) >= 11 is 5.85. The van der Waals surface area contributed by atoms with Gasteiger partial charge in [0.2, 0.25) is 0 Å². The van der Waals surface area contributed by atoms with E-state index >= 15 is 0 Å². The van der Waals surface area contributed by atoms with E-state index in [0.717, 1.165) is 5.56 Å². The van der Waals surface area contributed by atoms with Crippen LogP contribution in [-0.4, -0.2) is 18.2 Å². The molecule has 0 atom stereocenters. The number of benzene rings is 3. The fraction of sp³-hybridized carbons (Fsp3) is 0.130. The van der Waals surface area contributed by atoms with Gasteiger partial charge >= 0.3 is 6.61 Å². The SMILES string of the molecule is C/C(=N\NC(=O)c1ccc(COc2ccc(Cl)cc2)cc1)c1cccc(OC(F)F)c1. The molecule has 5 nitrogen and oxygen atoms in total. The smallest absolute Gasteiger partial charge is 0.387 e. The number of alkyl halides is 2. The van der Waals surface area contributed by atoms with Gasteiger partial charge in [-0.05, 0) is 61.0 Å². The van der Waals surface area contributed by atoms with E-state index in [4.69, 9.17) is 16.3 Å². The first-order chi connectivity index (χ1) is 14.9. The standard InChI is InChI=1S/C23H19ClF2N2O3/c1-15(18-3-2-4-21(13-18)31-23(25)26)27-28-22(29)17-7-5-16(6-8-17)14-30-20-11-9-19(24)10-12-20/h2-13,23H,14H2,1H3,(H,28,29)/b27-15+. The molecule has 0 spiro atoms. The molecule has 0 saturated heterocycles. The topological polar surface area (TPSA) is 59.9 Å². The third kappa shape index (κ3) is 6.79. The Bertz CT molecular complexity index is 1060. The lowest BCUT2D eigenvalue weighted by Gasteiger charge is -2.08. The van der Waals surface area contributed by atoms with E-state index in [9.17, 15) is 13.6 Å². The predicted octanol–water partition coefficient (Wildman–Crippen LogP) is 5.67. The minimum Gasteiger partial charge on any atom is -0.489 e. The van der Waals surface area contributed by atoms with Crippen molar-refractivity contribution in [3.8, 4) is 11.5 Å². The summed E-state index contributed by atoms with van der Waals surface area (Å²) in [5.74, 6) is 0.313. The van der Waals surface area contributed by atoms with Gasteiger partial charge < -0.3 is 9.47 Å². The highest BCUT2D eigenvalue weighted by Crippen LogP contribution is 2.18. The largest absolute Gasteiger partial charge is 0.489 e. The number of hydrogen-bond donors (Lipinski definition) is 1. The van der Waals surface area contributed by atoms with Crippen molar-refractivity contribution in [1.29, 1.82) is 0 Å². The molecule has 160 valence electrons. The molecule has 0 radical (unpaired) electrons. The molecule has 0 saturated carbocycles. The summed E-state index contributed by atoms with van der Waals surface area (Å²) in [5, 5.41) is 4.67. The molecule has 3 rings (SSSR count). The van der Waals surface area contributed by atoms with Crippen LogP contribution in [0.2, 0.25) is 5.02 Å². The van der Waals surface area contributed by atoms with Gasteiger partial charge in [0.15, 0.2) is 0 Å². The zero-order valence-corrected chi connectivity index (χ0v) is 17.3. The van der Waals surface area contributed by atoms with Crippen LogP contribution in [0.1, 0.15) is 28.4 Å². The van der Waals surface area contributed by atoms with Gasteiger partial charge in [-0.2, -0.15) is 13.9 Å². The Hall–Kier alpha value is -3.45. The first-order valence-electron chi connectivity index (χ1n) is 9.28. The van der Waals surface area contributed by atoms with Gasteiger partial charge in [0.1, 0.15) is 18.1 Å². The maximum atomic E-state index is 12.4. The Morgan fingerprint density at radius 1 is 1.00 bits per heavy atom. The van der Waals surface area contributed by atoms with E-state index in [1.165, 1.54) is 12.1 Å². The zero-order valence-electron chi connectivity index (χ0n) is 16.5. The van der Waals surface area contributed by atoms with Crippen LogP contribution in [0, 0.1) is 0 Å². The number of carbonyl (C=O) groups is 1. The van der Waals surface area contributed by atoms with Gasteiger partial charge in [-0.3, -0.25) is 4.79 Å². The van der Waals surface area contributed by atoms with Crippen LogP contribution in [0.4, 0.5) is 8.78 Å². The monoisotopic (exact) mass is 444 g/mol. The number of nitrogens with one attached hydrogen (secondary N) is 1. The van der Waals surface area contributed by atoms with Gasteiger partial charge in [0, 0.05) is 16.1 Å². The number of amides is 1. The second kappa shape index (κ2) is 10.5. The molecule has 3 aromatic rings. The van der Waals surface area contributed by atoms with Crippen LogP contribution in [0.3, 0.4) is 0 Å². The molecule has 0 aliphatic carbocycles. The summed E-state index contributed by atoms with van der Waals surface area (Å²) in [6.07, 6.45) is 0. The average Bonchev–Trinajstić information content (AvgIpc) is 2.77. The van der Waals surface area contributed by atoms with Crippen LogP contribution < -0.4 is 14.9 Å². The molecule has 1 N–H and O–H groups in total. The molecule has 0 aromatic heterocycles. The van der Waals surface area contributed by atoms with E-state index in [2.05, 4.69) is 15.3 Å². The number of carbonyl (C=O) groups excluding carboxylic acids is 1. The number of hydrazone groups is 1. The Morgan fingerprint density at radius 2 is 1.71 bits per heavy atom. The molecule has 3 aromatic carbocycles. The second-order valence-corrected chi connectivity index (χ2v) is 6.92. The van der Waals surface area contributed by atoms with Gasteiger partial charge in [0.05, 0.1) is 5.71 Å². The number of halogens is 3. The normalized spacial score (nSPS) is 11.3. The van der Waals surface area contributed by atoms with Crippen molar-refractivity contribution >= 4 is 23.2 Å². The summed E-state index contributed by atoms with van der Waals surface area (Å²) < 4.78 is 34.7. The number of nitrogens with zero attached hydrogens (tertiary/aromatic N) is 1. The van der Waals surface area contributed by atoms with Crippen LogP contribution in [0.15, 0.2) is 77.9 Å². The molecule has 0 aliphatic heterocycles. The number of ether oxygens (including phenoxy) is 2. The summed E-state index contributed by atoms with van der Waals surface area (Å²) in [6.45, 7) is -0.914. The fourth-order valence-electron chi connectivity index (χ4n) is 2.61. The van der Waals surface area contributed by atoms with Gasteiger partial charge in [-0.15, -0.1) is 0 Å². The van der Waals surface area contributed by atoms with E-state index < -0.39 is 12.5 Å². The first kappa shape index (κ1) is 22.2. The molecule has 0 unspecified atom stereocenters. The Morgan fingerprint density at radius 3 is 2.39 bits per heavy atom. The summed E-state index contributed by atoms with van der Waals surface area (Å²) in [5.41, 5.74) is 4.76. The maximum Gasteiger partial charge on any atom is 0.387 e. The minimum absolute atomic E-state index is 0.0183. The number of hydrogen-bond acceptors (Lipinski definition) is 4. The quantitative estimate of drug-likeness (QED) is 0.359. The Labute approximate surface area is 183 Å². The lowest BCUT2D eigenvalue weighted by Crippen LogP contribution is -2.19. The molecule has 0 aliphatic rings. The molecule has 0 heterocycles. The minimum atomic E-state index is -2.91. The Balaban J connectivity index is 1.57. The highest BCUT2D eigenvalue weighted by molar-refractivity contribution is 6.30. The second-order valence-electron chi connectivity index (χ2n) is 6.48. The van der Waals surface area contributed by atoms with E-state index in [1.807, 2.05) is 0 Å². The van der Waals surface area contributed by atoms with Gasteiger partial charge in [-0.25, -0.2) is 5.43 Å². The van der Waals surface area contributed by atoms with Crippen LogP contribution >= 0.6 is 11.6 Å². The van der Waals surface area contributed by atoms with E-state index in [0.29, 0.717) is 34.2 Å². The number of rotatable bonds is 8. The van der Waals surface area contributed by atoms with Crippen molar-refractivity contribution in [1.82, 2.24) is 5.43 Å². The van der Waals surface area contributed by atoms with Crippen molar-refractivity contribution in [3.05, 3.63) is 94.5 Å². The van der Waals surface area contributed by atoms with Crippen molar-refractivity contribution in [2.24, 2.45) is 5.10 Å². The van der Waals surface area contributed by atoms with Crippen molar-refractivity contribution in [3.63, 3.8) is 0 Å². The van der Waals surface area contributed by atoms with Crippen molar-refractivity contribution in [2.75, 3.05) is 0 Å². The summed E-state index contributed by atoms with van der Waals surface area (Å²) in [6, 6.07) is 20.0. The van der Waals surface area contributed by atoms with Gasteiger partial charge in [-0.1, -0.05) is 35.9 Å². The highest BCUT2D eigenvalue weighted by atomic mass is 35.5. The highest BCUT2D eigenvalue weighted by Gasteiger charge is 2.08. The van der Waals surface area contributed by atoms with E-state index in [1.54, 1.807) is 67.6 Å². The van der Waals surface area contributed by atoms with Crippen molar-refractivity contribution in [2.45, 2.75) is 20.1 Å². The third-order valence-corrected chi connectivity index (χ3v) is 4.49. The first-order valence-corrected chi connectivity index (χ1v) is 9.66. The van der Waals surface area contributed by atoms with Crippen LogP contribution in [0.25, 0.3) is 0 Å². The molecular weight excluding hydrogens is 426 g/mol. The van der Waals surface area contributed by atoms with Crippen LogP contribution in [0.5, 0.6) is 11.5 Å². The molecule has 0 fully saturated rings. The van der Waals surface area contributed by atoms with Crippen molar-refractivity contribution < 1.29 is 23.0 Å². The fourth-order valence-corrected chi connectivity index (χ4v) is 2.74. The molecule has 8 heteroatoms.